The van der Waals surface area contributed by atoms with Gasteiger partial charge in [-0.2, -0.15) is 0 Å². The van der Waals surface area contributed by atoms with Crippen LogP contribution in [0.2, 0.25) is 0 Å². The number of benzene rings is 1. The van der Waals surface area contributed by atoms with Crippen LogP contribution in [0.4, 0.5) is 5.69 Å². The SMILES string of the molecule is Cc1cc(NC2=NCCN2)c(C)c2c(C)ccnc12. The van der Waals surface area contributed by atoms with Gasteiger partial charge in [0.15, 0.2) is 5.96 Å². The normalized spacial score (nSPS) is 14.4. The van der Waals surface area contributed by atoms with E-state index < -0.39 is 0 Å². The molecule has 19 heavy (non-hydrogen) atoms. The third kappa shape index (κ3) is 2.03. The Labute approximate surface area is 113 Å². The average molecular weight is 254 g/mol. The van der Waals surface area contributed by atoms with Gasteiger partial charge in [0.25, 0.3) is 0 Å². The third-order valence-electron chi connectivity index (χ3n) is 3.60. The zero-order valence-electron chi connectivity index (χ0n) is 11.5. The number of hydrogen-bond donors (Lipinski definition) is 2. The van der Waals surface area contributed by atoms with Crippen molar-refractivity contribution in [1.29, 1.82) is 0 Å². The zero-order valence-corrected chi connectivity index (χ0v) is 11.5. The molecule has 1 aromatic carbocycles. The van der Waals surface area contributed by atoms with Gasteiger partial charge in [0.1, 0.15) is 0 Å². The number of nitrogens with one attached hydrogen (secondary N) is 2. The van der Waals surface area contributed by atoms with Crippen molar-refractivity contribution in [2.45, 2.75) is 20.8 Å². The number of aromatic nitrogens is 1. The Bertz CT molecular complexity index is 673. The van der Waals surface area contributed by atoms with Gasteiger partial charge in [0, 0.05) is 23.8 Å². The number of pyridine rings is 1. The molecule has 98 valence electrons. The Morgan fingerprint density at radius 2 is 2.05 bits per heavy atom. The molecule has 1 aliphatic heterocycles. The number of rotatable bonds is 1. The molecule has 0 spiro atoms. The maximum Gasteiger partial charge on any atom is 0.195 e. The van der Waals surface area contributed by atoms with Gasteiger partial charge in [-0.3, -0.25) is 9.98 Å². The van der Waals surface area contributed by atoms with Crippen LogP contribution in [0.15, 0.2) is 23.3 Å². The molecule has 2 N–H and O–H groups in total. The first-order valence-electron chi connectivity index (χ1n) is 6.57. The van der Waals surface area contributed by atoms with Gasteiger partial charge in [-0.25, -0.2) is 0 Å². The molecule has 4 nitrogen and oxygen atoms in total. The summed E-state index contributed by atoms with van der Waals surface area (Å²) < 4.78 is 0. The van der Waals surface area contributed by atoms with Crippen LogP contribution in [0, 0.1) is 20.8 Å². The predicted molar refractivity (Wildman–Crippen MR) is 79.9 cm³/mol. The minimum absolute atomic E-state index is 0.842. The molecule has 0 saturated heterocycles. The summed E-state index contributed by atoms with van der Waals surface area (Å²) in [5.74, 6) is 0.864. The van der Waals surface area contributed by atoms with Gasteiger partial charge < -0.3 is 10.6 Å². The molecule has 1 aromatic heterocycles. The Balaban J connectivity index is 2.15. The summed E-state index contributed by atoms with van der Waals surface area (Å²) in [6, 6.07) is 4.20. The Kier molecular flexibility index (Phi) is 2.85. The molecule has 0 saturated carbocycles. The summed E-state index contributed by atoms with van der Waals surface area (Å²) in [5.41, 5.74) is 5.86. The van der Waals surface area contributed by atoms with Crippen LogP contribution in [0.3, 0.4) is 0 Å². The highest BCUT2D eigenvalue weighted by molar-refractivity contribution is 6.00. The summed E-state index contributed by atoms with van der Waals surface area (Å²) in [4.78, 5) is 8.88. The molecule has 2 aromatic rings. The van der Waals surface area contributed by atoms with E-state index in [9.17, 15) is 0 Å². The molecular weight excluding hydrogens is 236 g/mol. The first-order chi connectivity index (χ1) is 9.16. The lowest BCUT2D eigenvalue weighted by Crippen LogP contribution is -2.26. The number of anilines is 1. The van der Waals surface area contributed by atoms with Crippen LogP contribution in [-0.4, -0.2) is 24.0 Å². The number of aryl methyl sites for hydroxylation is 3. The van der Waals surface area contributed by atoms with Gasteiger partial charge in [-0.15, -0.1) is 0 Å². The summed E-state index contributed by atoms with van der Waals surface area (Å²) in [7, 11) is 0. The molecule has 0 atom stereocenters. The number of fused-ring (bicyclic) bond motifs is 1. The van der Waals surface area contributed by atoms with E-state index in [1.165, 1.54) is 22.1 Å². The first kappa shape index (κ1) is 12.0. The second-order valence-corrected chi connectivity index (χ2v) is 5.00. The Morgan fingerprint density at radius 3 is 2.79 bits per heavy atom. The van der Waals surface area contributed by atoms with Crippen molar-refractivity contribution in [3.8, 4) is 0 Å². The van der Waals surface area contributed by atoms with Crippen LogP contribution in [0.25, 0.3) is 10.9 Å². The van der Waals surface area contributed by atoms with Crippen molar-refractivity contribution in [2.24, 2.45) is 4.99 Å². The summed E-state index contributed by atoms with van der Waals surface area (Å²) >= 11 is 0. The van der Waals surface area contributed by atoms with E-state index in [1.807, 2.05) is 6.20 Å². The maximum absolute atomic E-state index is 4.50. The first-order valence-corrected chi connectivity index (χ1v) is 6.57. The average Bonchev–Trinajstić information content (AvgIpc) is 2.88. The van der Waals surface area contributed by atoms with Gasteiger partial charge in [-0.05, 0) is 49.6 Å². The topological polar surface area (TPSA) is 49.3 Å². The fourth-order valence-corrected chi connectivity index (χ4v) is 2.60. The fraction of sp³-hybridized carbons (Fsp3) is 0.333. The van der Waals surface area contributed by atoms with E-state index in [4.69, 9.17) is 0 Å². The monoisotopic (exact) mass is 254 g/mol. The molecule has 4 heteroatoms. The molecule has 2 heterocycles. The molecule has 0 radical (unpaired) electrons. The predicted octanol–water partition coefficient (Wildman–Crippen LogP) is 2.53. The molecule has 0 amide bonds. The van der Waals surface area contributed by atoms with Crippen molar-refractivity contribution in [3.63, 3.8) is 0 Å². The number of hydrogen-bond acceptors (Lipinski definition) is 4. The molecular formula is C15H18N4. The van der Waals surface area contributed by atoms with Gasteiger partial charge >= 0.3 is 0 Å². The van der Waals surface area contributed by atoms with E-state index in [0.29, 0.717) is 0 Å². The van der Waals surface area contributed by atoms with Crippen molar-refractivity contribution >= 4 is 22.5 Å². The summed E-state index contributed by atoms with van der Waals surface area (Å²) in [5, 5.41) is 7.86. The largest absolute Gasteiger partial charge is 0.354 e. The van der Waals surface area contributed by atoms with Gasteiger partial charge in [0.05, 0.1) is 12.1 Å². The lowest BCUT2D eigenvalue weighted by Gasteiger charge is -2.15. The van der Waals surface area contributed by atoms with Crippen LogP contribution in [-0.2, 0) is 0 Å². The van der Waals surface area contributed by atoms with Crippen molar-refractivity contribution in [1.82, 2.24) is 10.3 Å². The molecule has 1 aliphatic rings. The Hall–Kier alpha value is -2.10. The van der Waals surface area contributed by atoms with E-state index in [1.54, 1.807) is 0 Å². The van der Waals surface area contributed by atoms with Crippen LogP contribution >= 0.6 is 0 Å². The van der Waals surface area contributed by atoms with Gasteiger partial charge in [0.2, 0.25) is 0 Å². The van der Waals surface area contributed by atoms with E-state index >= 15 is 0 Å². The highest BCUT2D eigenvalue weighted by Gasteiger charge is 2.12. The minimum Gasteiger partial charge on any atom is -0.354 e. The van der Waals surface area contributed by atoms with Gasteiger partial charge in [-0.1, -0.05) is 0 Å². The van der Waals surface area contributed by atoms with E-state index in [0.717, 1.165) is 30.3 Å². The highest BCUT2D eigenvalue weighted by atomic mass is 15.2. The maximum atomic E-state index is 4.50. The molecule has 0 fully saturated rings. The zero-order chi connectivity index (χ0) is 13.4. The summed E-state index contributed by atoms with van der Waals surface area (Å²) in [6.07, 6.45) is 1.87. The molecule has 0 bridgehead atoms. The van der Waals surface area contributed by atoms with Crippen molar-refractivity contribution < 1.29 is 0 Å². The highest BCUT2D eigenvalue weighted by Crippen LogP contribution is 2.29. The fourth-order valence-electron chi connectivity index (χ4n) is 2.60. The van der Waals surface area contributed by atoms with Crippen LogP contribution in [0.1, 0.15) is 16.7 Å². The second kappa shape index (κ2) is 4.53. The van der Waals surface area contributed by atoms with E-state index in [-0.39, 0.29) is 0 Å². The van der Waals surface area contributed by atoms with Crippen LogP contribution in [0.5, 0.6) is 0 Å². The standard InChI is InChI=1S/C15H18N4/c1-9-4-5-16-14-10(2)8-12(11(3)13(9)14)19-15-17-6-7-18-15/h4-5,8H,6-7H2,1-3H3,(H2,17,18,19). The number of nitrogens with zero attached hydrogens (tertiary/aromatic N) is 2. The minimum atomic E-state index is 0.842. The second-order valence-electron chi connectivity index (χ2n) is 5.00. The molecule has 0 unspecified atom stereocenters. The smallest absolute Gasteiger partial charge is 0.195 e. The molecule has 0 aliphatic carbocycles. The van der Waals surface area contributed by atoms with Crippen molar-refractivity contribution in [3.05, 3.63) is 35.0 Å². The van der Waals surface area contributed by atoms with Crippen molar-refractivity contribution in [2.75, 3.05) is 18.4 Å². The number of guanidine groups is 1. The third-order valence-corrected chi connectivity index (χ3v) is 3.60. The van der Waals surface area contributed by atoms with E-state index in [2.05, 4.69) is 53.5 Å². The number of aliphatic imine (C=N–C) groups is 1. The quantitative estimate of drug-likeness (QED) is 0.822. The van der Waals surface area contributed by atoms with Crippen LogP contribution < -0.4 is 10.6 Å². The lowest BCUT2D eigenvalue weighted by molar-refractivity contribution is 0.959. The Morgan fingerprint density at radius 1 is 1.21 bits per heavy atom. The lowest BCUT2D eigenvalue weighted by atomic mass is 10.00. The summed E-state index contributed by atoms with van der Waals surface area (Å²) in [6.45, 7) is 8.12. The molecule has 3 rings (SSSR count).